The lowest BCUT2D eigenvalue weighted by atomic mass is 10.2. The number of nitrogens with two attached hydrogens (primary N) is 3. The van der Waals surface area contributed by atoms with Crippen LogP contribution in [0.2, 0.25) is 0 Å². The highest BCUT2D eigenvalue weighted by atomic mass is 16.6. The van der Waals surface area contributed by atoms with Crippen LogP contribution in [0, 0.1) is 6.54 Å². The number of rotatable bonds is 5. The van der Waals surface area contributed by atoms with Crippen LogP contribution < -0.4 is 17.2 Å². The van der Waals surface area contributed by atoms with Gasteiger partial charge in [-0.05, 0) is 12.8 Å². The zero-order valence-corrected chi connectivity index (χ0v) is 8.22. The minimum atomic E-state index is -0.478. The van der Waals surface area contributed by atoms with Gasteiger partial charge in [-0.3, -0.25) is 4.99 Å². The Morgan fingerprint density at radius 2 is 2.33 bits per heavy atom. The van der Waals surface area contributed by atoms with Gasteiger partial charge in [-0.2, -0.15) is 0 Å². The molecule has 0 fully saturated rings. The number of hydrogen-bond acceptors (Lipinski definition) is 5. The number of nitrogens with zero attached hydrogens (tertiary/aromatic N) is 2. The highest BCUT2D eigenvalue weighted by Crippen LogP contribution is 2.12. The van der Waals surface area contributed by atoms with Crippen molar-refractivity contribution in [3.05, 3.63) is 6.54 Å². The molecule has 0 saturated heterocycles. The molecule has 0 spiro atoms. The van der Waals surface area contributed by atoms with Crippen LogP contribution in [-0.2, 0) is 9.53 Å². The van der Waals surface area contributed by atoms with Gasteiger partial charge in [0.2, 0.25) is 5.90 Å². The summed E-state index contributed by atoms with van der Waals surface area (Å²) < 4.78 is 4.75. The monoisotopic (exact) mass is 212 g/mol. The summed E-state index contributed by atoms with van der Waals surface area (Å²) in [6.45, 7) is 1.64. The Morgan fingerprint density at radius 1 is 1.60 bits per heavy atom. The second-order valence-electron chi connectivity index (χ2n) is 3.02. The molecule has 1 radical (unpaired) electrons. The predicted molar refractivity (Wildman–Crippen MR) is 55.7 cm³/mol. The Kier molecular flexibility index (Phi) is 4.04. The van der Waals surface area contributed by atoms with Crippen molar-refractivity contribution in [1.82, 2.24) is 0 Å². The predicted octanol–water partition coefficient (Wildman–Crippen LogP) is -1.52. The Bertz CT molecular complexity index is 295. The minimum Gasteiger partial charge on any atom is -0.408 e. The first-order valence-corrected chi connectivity index (χ1v) is 4.53. The first kappa shape index (κ1) is 11.4. The van der Waals surface area contributed by atoms with Crippen LogP contribution in [0.5, 0.6) is 0 Å². The van der Waals surface area contributed by atoms with Crippen molar-refractivity contribution in [2.24, 2.45) is 27.2 Å². The third kappa shape index (κ3) is 3.55. The summed E-state index contributed by atoms with van der Waals surface area (Å²) >= 11 is 0. The Morgan fingerprint density at radius 3 is 2.87 bits per heavy atom. The summed E-state index contributed by atoms with van der Waals surface area (Å²) in [4.78, 5) is 18.9. The zero-order chi connectivity index (χ0) is 11.3. The summed E-state index contributed by atoms with van der Waals surface area (Å²) in [5.74, 6) is -0.160. The molecular weight excluding hydrogens is 198 g/mol. The number of cyclic esters (lactones) is 1. The Labute approximate surface area is 87.4 Å². The molecule has 1 aliphatic rings. The maximum atomic E-state index is 11.2. The number of esters is 1. The van der Waals surface area contributed by atoms with Gasteiger partial charge in [-0.25, -0.2) is 9.79 Å². The lowest BCUT2D eigenvalue weighted by Crippen LogP contribution is -2.23. The quantitative estimate of drug-likeness (QED) is 0.221. The summed E-state index contributed by atoms with van der Waals surface area (Å²) in [5, 5.41) is 0. The molecule has 7 nitrogen and oxygen atoms in total. The van der Waals surface area contributed by atoms with E-state index in [1.54, 1.807) is 0 Å². The lowest BCUT2D eigenvalue weighted by Gasteiger charge is -2.00. The molecule has 0 amide bonds. The molecule has 7 heteroatoms. The summed E-state index contributed by atoms with van der Waals surface area (Å²) in [5.41, 5.74) is 15.5. The second-order valence-corrected chi connectivity index (χ2v) is 3.02. The van der Waals surface area contributed by atoms with E-state index in [0.29, 0.717) is 19.4 Å². The number of aliphatic imine (C=N–C) groups is 2. The highest BCUT2D eigenvalue weighted by Gasteiger charge is 2.27. The molecule has 0 bridgehead atoms. The highest BCUT2D eigenvalue weighted by molar-refractivity contribution is 6.00. The molecule has 0 aromatic heterocycles. The third-order valence-electron chi connectivity index (χ3n) is 1.83. The van der Waals surface area contributed by atoms with Gasteiger partial charge in [-0.1, -0.05) is 0 Å². The summed E-state index contributed by atoms with van der Waals surface area (Å²) in [6, 6.07) is -0.478. The van der Waals surface area contributed by atoms with E-state index in [4.69, 9.17) is 21.9 Å². The van der Waals surface area contributed by atoms with Gasteiger partial charge in [0.05, 0.1) is 0 Å². The average molecular weight is 212 g/mol. The maximum Gasteiger partial charge on any atom is 0.337 e. The molecule has 6 N–H and O–H groups in total. The van der Waals surface area contributed by atoms with E-state index in [9.17, 15) is 4.79 Å². The van der Waals surface area contributed by atoms with Gasteiger partial charge in [0, 0.05) is 6.54 Å². The Balaban J connectivity index is 2.30. The molecule has 1 unspecified atom stereocenters. The van der Waals surface area contributed by atoms with Gasteiger partial charge >= 0.3 is 5.97 Å². The van der Waals surface area contributed by atoms with Crippen molar-refractivity contribution in [3.63, 3.8) is 0 Å². The van der Waals surface area contributed by atoms with E-state index in [1.807, 2.05) is 0 Å². The van der Waals surface area contributed by atoms with Crippen LogP contribution in [0.25, 0.3) is 0 Å². The average Bonchev–Trinajstić information content (AvgIpc) is 2.54. The SMILES string of the molecule is N[CH]C1=NC(CCCN=C(N)N)C(=O)O1. The van der Waals surface area contributed by atoms with Crippen molar-refractivity contribution in [2.75, 3.05) is 6.54 Å². The fourth-order valence-corrected chi connectivity index (χ4v) is 1.16. The zero-order valence-electron chi connectivity index (χ0n) is 8.22. The molecule has 1 atom stereocenters. The van der Waals surface area contributed by atoms with Crippen molar-refractivity contribution < 1.29 is 9.53 Å². The van der Waals surface area contributed by atoms with E-state index < -0.39 is 6.04 Å². The van der Waals surface area contributed by atoms with Crippen LogP contribution >= 0.6 is 0 Å². The van der Waals surface area contributed by atoms with E-state index in [1.165, 1.54) is 0 Å². The normalized spacial score (nSPS) is 19.7. The fraction of sp³-hybridized carbons (Fsp3) is 0.500. The number of guanidine groups is 1. The molecular formula is C8H14N5O2. The number of ether oxygens (including phenoxy) is 1. The largest absolute Gasteiger partial charge is 0.408 e. The molecule has 0 saturated carbocycles. The van der Waals surface area contributed by atoms with Crippen LogP contribution in [-0.4, -0.2) is 30.4 Å². The lowest BCUT2D eigenvalue weighted by molar-refractivity contribution is -0.135. The van der Waals surface area contributed by atoms with E-state index in [-0.39, 0.29) is 17.8 Å². The first-order chi connectivity index (χ1) is 7.13. The first-order valence-electron chi connectivity index (χ1n) is 4.53. The molecule has 1 aliphatic heterocycles. The standard InChI is InChI=1S/C8H14N5O2/c9-4-6-13-5(7(14)15-6)2-1-3-12-8(10)11/h4-5H,1-3,9H2,(H4,10,11,12). The van der Waals surface area contributed by atoms with Crippen molar-refractivity contribution >= 4 is 17.8 Å². The van der Waals surface area contributed by atoms with Gasteiger partial charge < -0.3 is 21.9 Å². The molecule has 0 aromatic carbocycles. The van der Waals surface area contributed by atoms with Gasteiger partial charge in [0.15, 0.2) is 12.0 Å². The molecule has 0 aliphatic carbocycles. The van der Waals surface area contributed by atoms with Gasteiger partial charge in [0.1, 0.15) is 6.54 Å². The molecule has 1 rings (SSSR count). The molecule has 1 heterocycles. The second kappa shape index (κ2) is 5.30. The van der Waals surface area contributed by atoms with Crippen LogP contribution in [0.3, 0.4) is 0 Å². The minimum absolute atomic E-state index is 0.0449. The topological polar surface area (TPSA) is 129 Å². The third-order valence-corrected chi connectivity index (χ3v) is 1.83. The van der Waals surface area contributed by atoms with Gasteiger partial charge in [0.25, 0.3) is 0 Å². The van der Waals surface area contributed by atoms with E-state index in [2.05, 4.69) is 9.98 Å². The van der Waals surface area contributed by atoms with Crippen molar-refractivity contribution in [1.29, 1.82) is 0 Å². The summed E-state index contributed by atoms with van der Waals surface area (Å²) in [6.07, 6.45) is 1.21. The van der Waals surface area contributed by atoms with Gasteiger partial charge in [-0.15, -0.1) is 0 Å². The molecule has 15 heavy (non-hydrogen) atoms. The number of hydrogen-bond donors (Lipinski definition) is 3. The van der Waals surface area contributed by atoms with Crippen LogP contribution in [0.15, 0.2) is 9.98 Å². The van der Waals surface area contributed by atoms with E-state index >= 15 is 0 Å². The summed E-state index contributed by atoms with van der Waals surface area (Å²) in [7, 11) is 0. The number of carbonyl (C=O) groups excluding carboxylic acids is 1. The number of carbonyl (C=O) groups is 1. The van der Waals surface area contributed by atoms with E-state index in [0.717, 1.165) is 6.54 Å². The fourth-order valence-electron chi connectivity index (χ4n) is 1.16. The smallest absolute Gasteiger partial charge is 0.337 e. The van der Waals surface area contributed by atoms with Crippen LogP contribution in [0.1, 0.15) is 12.8 Å². The molecule has 0 aromatic rings. The van der Waals surface area contributed by atoms with Crippen molar-refractivity contribution in [2.45, 2.75) is 18.9 Å². The molecule has 83 valence electrons. The van der Waals surface area contributed by atoms with Crippen molar-refractivity contribution in [3.8, 4) is 0 Å². The maximum absolute atomic E-state index is 11.2. The Hall–Kier alpha value is -1.63. The van der Waals surface area contributed by atoms with Crippen LogP contribution in [0.4, 0.5) is 0 Å².